The number of urea groups is 1. The summed E-state index contributed by atoms with van der Waals surface area (Å²) in [4.78, 5) is 12.3. The minimum Gasteiger partial charge on any atom is -0.454 e. The number of carbonyl (C=O) groups is 1. The van der Waals surface area contributed by atoms with Crippen LogP contribution in [0.15, 0.2) is 30.3 Å². The van der Waals surface area contributed by atoms with Crippen molar-refractivity contribution in [1.29, 1.82) is 5.26 Å². The van der Waals surface area contributed by atoms with E-state index in [9.17, 15) is 10.1 Å². The second-order valence-corrected chi connectivity index (χ2v) is 7.66. The average molecular weight is 402 g/mol. The molecule has 4 rings (SSSR count). The van der Waals surface area contributed by atoms with E-state index in [-0.39, 0.29) is 6.03 Å². The molecule has 1 saturated carbocycles. The maximum atomic E-state index is 12.3. The number of nitrogens with zero attached hydrogens (tertiary/aromatic N) is 1. The summed E-state index contributed by atoms with van der Waals surface area (Å²) in [5.74, 6) is 0.836. The highest BCUT2D eigenvalue weighted by molar-refractivity contribution is 6.34. The van der Waals surface area contributed by atoms with Crippen LogP contribution in [-0.2, 0) is 5.54 Å². The van der Waals surface area contributed by atoms with Gasteiger partial charge in [-0.15, -0.1) is 0 Å². The van der Waals surface area contributed by atoms with E-state index in [1.54, 1.807) is 30.3 Å². The number of benzene rings is 2. The maximum absolute atomic E-state index is 12.3. The molecule has 0 radical (unpaired) electrons. The first kappa shape index (κ1) is 18.0. The number of carbonyl (C=O) groups excluding carboxylic acids is 1. The van der Waals surface area contributed by atoms with Crippen LogP contribution in [0.3, 0.4) is 0 Å². The lowest BCUT2D eigenvalue weighted by molar-refractivity contribution is 0.206. The molecule has 1 spiro atoms. The van der Waals surface area contributed by atoms with Gasteiger partial charge in [0.15, 0.2) is 5.75 Å². The zero-order valence-corrected chi connectivity index (χ0v) is 16.0. The number of fused-ring (bicyclic) bond motifs is 2. The van der Waals surface area contributed by atoms with Gasteiger partial charge in [0.2, 0.25) is 0 Å². The van der Waals surface area contributed by atoms with Crippen LogP contribution in [0.4, 0.5) is 10.5 Å². The number of para-hydroxylation sites is 1. The molecule has 2 aromatic carbocycles. The van der Waals surface area contributed by atoms with Gasteiger partial charge in [0.05, 0.1) is 26.8 Å². The number of rotatable bonds is 2. The van der Waals surface area contributed by atoms with Crippen molar-refractivity contribution >= 4 is 34.9 Å². The monoisotopic (exact) mass is 401 g/mol. The van der Waals surface area contributed by atoms with E-state index in [0.29, 0.717) is 32.8 Å². The maximum Gasteiger partial charge on any atom is 0.319 e. The number of amides is 2. The molecule has 138 valence electrons. The van der Waals surface area contributed by atoms with Crippen LogP contribution in [0.5, 0.6) is 11.5 Å². The average Bonchev–Trinajstić information content (AvgIpc) is 2.66. The fraction of sp³-hybridized carbons (Fsp3) is 0.300. The van der Waals surface area contributed by atoms with Gasteiger partial charge < -0.3 is 15.4 Å². The molecule has 1 aliphatic carbocycles. The predicted octanol–water partition coefficient (Wildman–Crippen LogP) is 5.95. The van der Waals surface area contributed by atoms with Gasteiger partial charge in [-0.2, -0.15) is 5.26 Å². The van der Waals surface area contributed by atoms with Gasteiger partial charge in [0, 0.05) is 5.56 Å². The van der Waals surface area contributed by atoms with Crippen molar-refractivity contribution in [3.05, 3.63) is 51.5 Å². The van der Waals surface area contributed by atoms with Crippen LogP contribution in [-0.4, -0.2) is 6.03 Å². The third kappa shape index (κ3) is 3.09. The minimum absolute atomic E-state index is 0.265. The molecule has 2 amide bonds. The van der Waals surface area contributed by atoms with Crippen molar-refractivity contribution in [3.63, 3.8) is 0 Å². The van der Waals surface area contributed by atoms with E-state index < -0.39 is 5.54 Å². The SMILES string of the molecule is N#Cc1cccc(Cl)c1Oc1ccc(Cl)c2c1C1(CCCCC1)NC(=O)N2. The summed E-state index contributed by atoms with van der Waals surface area (Å²) in [7, 11) is 0. The molecular formula is C20H17Cl2N3O2. The molecule has 0 bridgehead atoms. The molecule has 1 fully saturated rings. The summed E-state index contributed by atoms with van der Waals surface area (Å²) in [6.07, 6.45) is 4.73. The smallest absolute Gasteiger partial charge is 0.319 e. The lowest BCUT2D eigenvalue weighted by atomic mass is 9.74. The van der Waals surface area contributed by atoms with Crippen LogP contribution < -0.4 is 15.4 Å². The topological polar surface area (TPSA) is 74.1 Å². The van der Waals surface area contributed by atoms with Crippen molar-refractivity contribution in [3.8, 4) is 17.6 Å². The highest BCUT2D eigenvalue weighted by Crippen LogP contribution is 2.50. The van der Waals surface area contributed by atoms with Gasteiger partial charge in [-0.05, 0) is 37.1 Å². The molecule has 0 saturated heterocycles. The molecule has 2 N–H and O–H groups in total. The Morgan fingerprint density at radius 3 is 2.59 bits per heavy atom. The molecule has 0 aromatic heterocycles. The molecule has 27 heavy (non-hydrogen) atoms. The summed E-state index contributed by atoms with van der Waals surface area (Å²) in [5.41, 5.74) is 1.18. The van der Waals surface area contributed by atoms with Crippen molar-refractivity contribution in [1.82, 2.24) is 5.32 Å². The Kier molecular flexibility index (Phi) is 4.63. The Morgan fingerprint density at radius 2 is 1.85 bits per heavy atom. The number of nitrogens with one attached hydrogen (secondary N) is 2. The summed E-state index contributed by atoms with van der Waals surface area (Å²) in [6.45, 7) is 0. The van der Waals surface area contributed by atoms with Crippen molar-refractivity contribution in [2.45, 2.75) is 37.6 Å². The van der Waals surface area contributed by atoms with Crippen LogP contribution in [0, 0.1) is 11.3 Å². The highest BCUT2D eigenvalue weighted by atomic mass is 35.5. The van der Waals surface area contributed by atoms with Gasteiger partial charge in [0.25, 0.3) is 0 Å². The fourth-order valence-corrected chi connectivity index (χ4v) is 4.42. The molecule has 2 aromatic rings. The molecule has 5 nitrogen and oxygen atoms in total. The number of anilines is 1. The van der Waals surface area contributed by atoms with Crippen LogP contribution in [0.2, 0.25) is 10.0 Å². The van der Waals surface area contributed by atoms with E-state index in [0.717, 1.165) is 37.7 Å². The Labute approximate surface area is 167 Å². The van der Waals surface area contributed by atoms with Gasteiger partial charge >= 0.3 is 6.03 Å². The van der Waals surface area contributed by atoms with E-state index in [2.05, 4.69) is 16.7 Å². The number of halogens is 2. The lowest BCUT2D eigenvalue weighted by Gasteiger charge is -2.43. The zero-order valence-electron chi connectivity index (χ0n) is 14.4. The molecule has 2 aliphatic rings. The van der Waals surface area contributed by atoms with Crippen LogP contribution >= 0.6 is 23.2 Å². The van der Waals surface area contributed by atoms with Crippen LogP contribution in [0.25, 0.3) is 0 Å². The predicted molar refractivity (Wildman–Crippen MR) is 105 cm³/mol. The van der Waals surface area contributed by atoms with E-state index in [1.165, 1.54) is 0 Å². The summed E-state index contributed by atoms with van der Waals surface area (Å²) in [5, 5.41) is 16.1. The molecule has 0 atom stereocenters. The van der Waals surface area contributed by atoms with E-state index in [1.807, 2.05) is 0 Å². The third-order valence-corrected chi connectivity index (χ3v) is 5.81. The number of ether oxygens (including phenoxy) is 1. The molecule has 1 aliphatic heterocycles. The van der Waals surface area contributed by atoms with Crippen molar-refractivity contribution in [2.24, 2.45) is 0 Å². The van der Waals surface area contributed by atoms with E-state index >= 15 is 0 Å². The fourth-order valence-electron chi connectivity index (χ4n) is 4.01. The van der Waals surface area contributed by atoms with Gasteiger partial charge in [-0.1, -0.05) is 48.5 Å². The summed E-state index contributed by atoms with van der Waals surface area (Å²) in [6, 6.07) is 10.3. The number of hydrogen-bond donors (Lipinski definition) is 2. The number of hydrogen-bond acceptors (Lipinski definition) is 3. The first-order chi connectivity index (χ1) is 13.0. The largest absolute Gasteiger partial charge is 0.454 e. The first-order valence-electron chi connectivity index (χ1n) is 8.83. The van der Waals surface area contributed by atoms with Crippen molar-refractivity contribution in [2.75, 3.05) is 5.32 Å². The molecule has 1 heterocycles. The Bertz CT molecular complexity index is 962. The summed E-state index contributed by atoms with van der Waals surface area (Å²) < 4.78 is 6.14. The highest BCUT2D eigenvalue weighted by Gasteiger charge is 2.43. The quantitative estimate of drug-likeness (QED) is 0.652. The third-order valence-electron chi connectivity index (χ3n) is 5.19. The normalized spacial score (nSPS) is 17.4. The van der Waals surface area contributed by atoms with Crippen molar-refractivity contribution < 1.29 is 9.53 Å². The lowest BCUT2D eigenvalue weighted by Crippen LogP contribution is -2.52. The Morgan fingerprint density at radius 1 is 1.07 bits per heavy atom. The molecular weight excluding hydrogens is 385 g/mol. The van der Waals surface area contributed by atoms with Gasteiger partial charge in [0.1, 0.15) is 11.8 Å². The second kappa shape index (κ2) is 6.95. The standard InChI is InChI=1S/C20H17Cl2N3O2/c21-13-7-8-15(27-18-12(11-23)5-4-6-14(18)22)16-17(13)24-19(26)25-20(16)9-2-1-3-10-20/h4-8H,1-3,9-10H2,(H2,24,25,26). The number of nitriles is 1. The van der Waals surface area contributed by atoms with Crippen LogP contribution in [0.1, 0.15) is 43.2 Å². The Hall–Kier alpha value is -2.42. The second-order valence-electron chi connectivity index (χ2n) is 6.85. The molecule has 0 unspecified atom stereocenters. The minimum atomic E-state index is -0.537. The van der Waals surface area contributed by atoms with E-state index in [4.69, 9.17) is 27.9 Å². The zero-order chi connectivity index (χ0) is 19.0. The Balaban J connectivity index is 1.88. The van der Waals surface area contributed by atoms with Gasteiger partial charge in [-0.25, -0.2) is 4.79 Å². The summed E-state index contributed by atoms with van der Waals surface area (Å²) >= 11 is 12.7. The van der Waals surface area contributed by atoms with Gasteiger partial charge in [-0.3, -0.25) is 0 Å². The molecule has 7 heteroatoms. The first-order valence-corrected chi connectivity index (χ1v) is 9.58.